The molecule has 2 fully saturated rings. The zero-order chi connectivity index (χ0) is 10.6. The Morgan fingerprint density at radius 1 is 1.50 bits per heavy atom. The van der Waals surface area contributed by atoms with Gasteiger partial charge in [-0.1, -0.05) is 20.8 Å². The average molecular weight is 196 g/mol. The molecule has 80 valence electrons. The molecule has 2 aliphatic rings. The molecule has 0 bridgehead atoms. The summed E-state index contributed by atoms with van der Waals surface area (Å²) in [5.74, 6) is 0.572. The molecular formula is C12H20O2. The molecule has 2 rings (SSSR count). The monoisotopic (exact) mass is 196 g/mol. The van der Waals surface area contributed by atoms with Crippen molar-refractivity contribution >= 4 is 5.97 Å². The SMILES string of the molecule is CCC1(C(=O)O)CCC2(C(C)C)CC12. The number of rotatable bonds is 3. The molecule has 0 heterocycles. The number of carbonyl (C=O) groups is 1. The van der Waals surface area contributed by atoms with E-state index in [1.165, 1.54) is 0 Å². The largest absolute Gasteiger partial charge is 0.481 e. The lowest BCUT2D eigenvalue weighted by molar-refractivity contribution is -0.150. The fraction of sp³-hybridized carbons (Fsp3) is 0.917. The highest BCUT2D eigenvalue weighted by Gasteiger charge is 2.70. The van der Waals surface area contributed by atoms with Gasteiger partial charge in [0.15, 0.2) is 0 Å². The molecule has 0 radical (unpaired) electrons. The van der Waals surface area contributed by atoms with E-state index in [1.54, 1.807) is 0 Å². The van der Waals surface area contributed by atoms with Crippen molar-refractivity contribution in [3.63, 3.8) is 0 Å². The highest BCUT2D eigenvalue weighted by atomic mass is 16.4. The van der Waals surface area contributed by atoms with Crippen LogP contribution >= 0.6 is 0 Å². The number of carboxylic acid groups (broad SMARTS) is 1. The molecule has 14 heavy (non-hydrogen) atoms. The summed E-state index contributed by atoms with van der Waals surface area (Å²) in [5, 5.41) is 9.36. The molecule has 3 atom stereocenters. The van der Waals surface area contributed by atoms with E-state index in [-0.39, 0.29) is 5.41 Å². The second kappa shape index (κ2) is 2.74. The summed E-state index contributed by atoms with van der Waals surface area (Å²) in [4.78, 5) is 11.4. The molecule has 0 aromatic carbocycles. The van der Waals surface area contributed by atoms with E-state index in [1.807, 2.05) is 6.92 Å². The Morgan fingerprint density at radius 3 is 2.36 bits per heavy atom. The van der Waals surface area contributed by atoms with E-state index in [4.69, 9.17) is 0 Å². The van der Waals surface area contributed by atoms with Crippen molar-refractivity contribution in [2.75, 3.05) is 0 Å². The van der Waals surface area contributed by atoms with Crippen LogP contribution < -0.4 is 0 Å². The lowest BCUT2D eigenvalue weighted by atomic mass is 9.80. The summed E-state index contributed by atoms with van der Waals surface area (Å²) in [6.07, 6.45) is 4.00. The predicted molar refractivity (Wildman–Crippen MR) is 55.0 cm³/mol. The van der Waals surface area contributed by atoms with Gasteiger partial charge in [0.1, 0.15) is 0 Å². The van der Waals surface area contributed by atoms with Crippen molar-refractivity contribution in [1.82, 2.24) is 0 Å². The Morgan fingerprint density at radius 2 is 2.14 bits per heavy atom. The summed E-state index contributed by atoms with van der Waals surface area (Å²) in [5.41, 5.74) is 0.0265. The third-order valence-electron chi connectivity index (χ3n) is 5.03. The number of hydrogen-bond acceptors (Lipinski definition) is 1. The molecule has 1 N–H and O–H groups in total. The van der Waals surface area contributed by atoms with Crippen LogP contribution in [0.2, 0.25) is 0 Å². The molecule has 0 saturated heterocycles. The van der Waals surface area contributed by atoms with Gasteiger partial charge in [-0.05, 0) is 42.9 Å². The van der Waals surface area contributed by atoms with Gasteiger partial charge in [0.25, 0.3) is 0 Å². The molecule has 0 amide bonds. The average Bonchev–Trinajstić information content (AvgIpc) is 2.77. The van der Waals surface area contributed by atoms with E-state index >= 15 is 0 Å². The number of hydrogen-bond donors (Lipinski definition) is 1. The standard InChI is InChI=1S/C12H20O2/c1-4-11(10(13)14)5-6-12(8(2)3)7-9(11)12/h8-9H,4-7H2,1-3H3,(H,13,14). The van der Waals surface area contributed by atoms with Crippen molar-refractivity contribution in [1.29, 1.82) is 0 Å². The van der Waals surface area contributed by atoms with E-state index in [9.17, 15) is 9.90 Å². The van der Waals surface area contributed by atoms with Gasteiger partial charge in [0.2, 0.25) is 0 Å². The number of carboxylic acids is 1. The molecule has 0 aromatic rings. The molecule has 0 aliphatic heterocycles. The Balaban J connectivity index is 2.25. The van der Waals surface area contributed by atoms with E-state index in [2.05, 4.69) is 13.8 Å². The minimum atomic E-state index is -0.551. The van der Waals surface area contributed by atoms with Crippen LogP contribution in [0.15, 0.2) is 0 Å². The predicted octanol–water partition coefficient (Wildman–Crippen LogP) is 2.92. The van der Waals surface area contributed by atoms with Crippen molar-refractivity contribution in [3.8, 4) is 0 Å². The van der Waals surface area contributed by atoms with Crippen LogP contribution in [0, 0.1) is 22.7 Å². The van der Waals surface area contributed by atoms with Gasteiger partial charge < -0.3 is 5.11 Å². The lowest BCUT2D eigenvalue weighted by Gasteiger charge is -2.23. The molecular weight excluding hydrogens is 176 g/mol. The zero-order valence-corrected chi connectivity index (χ0v) is 9.34. The van der Waals surface area contributed by atoms with E-state index < -0.39 is 5.97 Å². The van der Waals surface area contributed by atoms with E-state index in [0.717, 1.165) is 25.7 Å². The molecule has 2 nitrogen and oxygen atoms in total. The first-order valence-electron chi connectivity index (χ1n) is 5.73. The second-order valence-corrected chi connectivity index (χ2v) is 5.46. The van der Waals surface area contributed by atoms with Crippen LogP contribution in [0.4, 0.5) is 0 Å². The fourth-order valence-electron chi connectivity index (χ4n) is 3.73. The Hall–Kier alpha value is -0.530. The zero-order valence-electron chi connectivity index (χ0n) is 9.34. The van der Waals surface area contributed by atoms with Gasteiger partial charge in [-0.25, -0.2) is 0 Å². The van der Waals surface area contributed by atoms with Gasteiger partial charge in [-0.3, -0.25) is 4.79 Å². The summed E-state index contributed by atoms with van der Waals surface area (Å²) in [6.45, 7) is 6.52. The van der Waals surface area contributed by atoms with Crippen LogP contribution in [0.25, 0.3) is 0 Å². The molecule has 0 aromatic heterocycles. The Bertz CT molecular complexity index is 271. The second-order valence-electron chi connectivity index (χ2n) is 5.46. The van der Waals surface area contributed by atoms with Crippen molar-refractivity contribution in [2.45, 2.75) is 46.5 Å². The number of fused-ring (bicyclic) bond motifs is 1. The lowest BCUT2D eigenvalue weighted by Crippen LogP contribution is -2.30. The Labute approximate surface area is 85.7 Å². The first-order valence-corrected chi connectivity index (χ1v) is 5.73. The summed E-state index contributed by atoms with van der Waals surface area (Å²) in [7, 11) is 0. The third-order valence-corrected chi connectivity index (χ3v) is 5.03. The van der Waals surface area contributed by atoms with Gasteiger partial charge in [0, 0.05) is 0 Å². The van der Waals surface area contributed by atoms with Gasteiger partial charge in [-0.2, -0.15) is 0 Å². The minimum Gasteiger partial charge on any atom is -0.481 e. The Kier molecular flexibility index (Phi) is 1.96. The smallest absolute Gasteiger partial charge is 0.309 e. The molecule has 0 spiro atoms. The summed E-state index contributed by atoms with van der Waals surface area (Å²) >= 11 is 0. The molecule has 2 saturated carbocycles. The highest BCUT2D eigenvalue weighted by molar-refractivity contribution is 5.76. The normalized spacial score (nSPS) is 45.3. The first kappa shape index (κ1) is 10.0. The summed E-state index contributed by atoms with van der Waals surface area (Å²) in [6, 6.07) is 0. The van der Waals surface area contributed by atoms with Crippen molar-refractivity contribution < 1.29 is 9.90 Å². The van der Waals surface area contributed by atoms with Crippen LogP contribution in [-0.4, -0.2) is 11.1 Å². The van der Waals surface area contributed by atoms with Crippen molar-refractivity contribution in [3.05, 3.63) is 0 Å². The van der Waals surface area contributed by atoms with Gasteiger partial charge in [-0.15, -0.1) is 0 Å². The molecule has 2 aliphatic carbocycles. The highest BCUT2D eigenvalue weighted by Crippen LogP contribution is 2.74. The maximum absolute atomic E-state index is 11.4. The van der Waals surface area contributed by atoms with Gasteiger partial charge in [0.05, 0.1) is 5.41 Å². The maximum atomic E-state index is 11.4. The third kappa shape index (κ3) is 0.945. The minimum absolute atomic E-state index is 0.371. The van der Waals surface area contributed by atoms with E-state index in [0.29, 0.717) is 17.3 Å². The topological polar surface area (TPSA) is 37.3 Å². The van der Waals surface area contributed by atoms with Crippen LogP contribution in [0.5, 0.6) is 0 Å². The van der Waals surface area contributed by atoms with Crippen molar-refractivity contribution in [2.24, 2.45) is 22.7 Å². The number of aliphatic carboxylic acids is 1. The van der Waals surface area contributed by atoms with Crippen LogP contribution in [0.1, 0.15) is 46.5 Å². The first-order chi connectivity index (χ1) is 6.49. The fourth-order valence-corrected chi connectivity index (χ4v) is 3.73. The van der Waals surface area contributed by atoms with Crippen LogP contribution in [-0.2, 0) is 4.79 Å². The molecule has 2 heteroatoms. The van der Waals surface area contributed by atoms with Crippen LogP contribution in [0.3, 0.4) is 0 Å². The van der Waals surface area contributed by atoms with Gasteiger partial charge >= 0.3 is 5.97 Å². The summed E-state index contributed by atoms with van der Waals surface area (Å²) < 4.78 is 0. The maximum Gasteiger partial charge on any atom is 0.309 e. The molecule has 3 unspecified atom stereocenters. The quantitative estimate of drug-likeness (QED) is 0.753.